The molecule has 2 amide bonds. The third-order valence-electron chi connectivity index (χ3n) is 2.66. The highest BCUT2D eigenvalue weighted by Gasteiger charge is 2.17. The summed E-state index contributed by atoms with van der Waals surface area (Å²) in [5.74, 6) is 0. The third-order valence-corrected chi connectivity index (χ3v) is 2.66. The highest BCUT2D eigenvalue weighted by Crippen LogP contribution is 2.09. The Bertz CT molecular complexity index is 187. The van der Waals surface area contributed by atoms with Crippen LogP contribution in [0.4, 0.5) is 4.79 Å². The molecular weight excluding hydrogens is 196 g/mol. The highest BCUT2D eigenvalue weighted by atomic mass is 16.3. The minimum atomic E-state index is -0.541. The van der Waals surface area contributed by atoms with Crippen LogP contribution in [-0.4, -0.2) is 53.5 Å². The number of nitrogens with zero attached hydrogens (tertiary/aromatic N) is 1. The first-order valence-electron chi connectivity index (χ1n) is 5.55. The number of hydrogen-bond donors (Lipinski definition) is 3. The summed E-state index contributed by atoms with van der Waals surface area (Å²) in [7, 11) is 0. The molecule has 0 unspecified atom stereocenters. The van der Waals surface area contributed by atoms with Gasteiger partial charge in [-0.25, -0.2) is 4.79 Å². The zero-order valence-corrected chi connectivity index (χ0v) is 8.98. The van der Waals surface area contributed by atoms with Crippen molar-refractivity contribution in [1.29, 1.82) is 0 Å². The second-order valence-corrected chi connectivity index (χ2v) is 3.91. The van der Waals surface area contributed by atoms with E-state index < -0.39 is 6.04 Å². The minimum absolute atomic E-state index is 0.176. The van der Waals surface area contributed by atoms with Crippen molar-refractivity contribution in [3.8, 4) is 0 Å². The summed E-state index contributed by atoms with van der Waals surface area (Å²) >= 11 is 0. The van der Waals surface area contributed by atoms with Crippen molar-refractivity contribution in [2.24, 2.45) is 0 Å². The summed E-state index contributed by atoms with van der Waals surface area (Å²) < 4.78 is 0. The van der Waals surface area contributed by atoms with Crippen molar-refractivity contribution in [3.63, 3.8) is 0 Å². The molecule has 5 nitrogen and oxygen atoms in total. The van der Waals surface area contributed by atoms with Gasteiger partial charge in [-0.15, -0.1) is 0 Å². The number of urea groups is 1. The molecule has 1 saturated heterocycles. The second-order valence-electron chi connectivity index (χ2n) is 3.91. The molecule has 88 valence electrons. The Labute approximate surface area is 90.1 Å². The van der Waals surface area contributed by atoms with E-state index in [9.17, 15) is 4.79 Å². The quantitative estimate of drug-likeness (QED) is 0.618. The van der Waals surface area contributed by atoms with Crippen molar-refractivity contribution >= 4 is 6.03 Å². The van der Waals surface area contributed by atoms with Gasteiger partial charge in [0.25, 0.3) is 0 Å². The molecule has 1 aliphatic rings. The maximum absolute atomic E-state index is 11.7. The SMILES string of the molecule is O=C(NC(CO)CO)N1CCCCCC1. The molecule has 0 aromatic rings. The Morgan fingerprint density at radius 3 is 2.13 bits per heavy atom. The first kappa shape index (κ1) is 12.3. The standard InChI is InChI=1S/C10H20N2O3/c13-7-9(8-14)11-10(15)12-5-3-1-2-4-6-12/h9,13-14H,1-8H2,(H,11,15). The molecule has 1 rings (SSSR count). The van der Waals surface area contributed by atoms with Crippen molar-refractivity contribution < 1.29 is 15.0 Å². The lowest BCUT2D eigenvalue weighted by Crippen LogP contribution is -2.47. The number of hydrogen-bond acceptors (Lipinski definition) is 3. The number of likely N-dealkylation sites (tertiary alicyclic amines) is 1. The molecule has 5 heteroatoms. The number of carbonyl (C=O) groups is 1. The van der Waals surface area contributed by atoms with E-state index >= 15 is 0 Å². The van der Waals surface area contributed by atoms with Gasteiger partial charge in [-0.1, -0.05) is 12.8 Å². The molecular formula is C10H20N2O3. The molecule has 0 spiro atoms. The van der Waals surface area contributed by atoms with Crippen LogP contribution in [0.3, 0.4) is 0 Å². The first-order valence-corrected chi connectivity index (χ1v) is 5.55. The van der Waals surface area contributed by atoms with Crippen LogP contribution in [0.2, 0.25) is 0 Å². The molecule has 3 N–H and O–H groups in total. The van der Waals surface area contributed by atoms with Crippen molar-refractivity contribution in [1.82, 2.24) is 10.2 Å². The van der Waals surface area contributed by atoms with Gasteiger partial charge in [-0.3, -0.25) is 0 Å². The van der Waals surface area contributed by atoms with Crippen molar-refractivity contribution in [3.05, 3.63) is 0 Å². The molecule has 1 heterocycles. The summed E-state index contributed by atoms with van der Waals surface area (Å²) in [5.41, 5.74) is 0. The molecule has 0 radical (unpaired) electrons. The van der Waals surface area contributed by atoms with Crippen molar-refractivity contribution in [2.45, 2.75) is 31.7 Å². The van der Waals surface area contributed by atoms with E-state index in [1.165, 1.54) is 12.8 Å². The van der Waals surface area contributed by atoms with Crippen LogP contribution in [0.5, 0.6) is 0 Å². The maximum Gasteiger partial charge on any atom is 0.317 e. The fourth-order valence-corrected chi connectivity index (χ4v) is 1.69. The van der Waals surface area contributed by atoms with Gasteiger partial charge < -0.3 is 20.4 Å². The van der Waals surface area contributed by atoms with Gasteiger partial charge in [0.1, 0.15) is 0 Å². The van der Waals surface area contributed by atoms with Gasteiger partial charge in [0, 0.05) is 13.1 Å². The van der Waals surface area contributed by atoms with E-state index in [4.69, 9.17) is 10.2 Å². The normalized spacial score (nSPS) is 17.7. The topological polar surface area (TPSA) is 72.8 Å². The number of nitrogens with one attached hydrogen (secondary N) is 1. The van der Waals surface area contributed by atoms with Gasteiger partial charge in [0.15, 0.2) is 0 Å². The van der Waals surface area contributed by atoms with Gasteiger partial charge in [-0.2, -0.15) is 0 Å². The van der Waals surface area contributed by atoms with E-state index in [0.29, 0.717) is 0 Å². The highest BCUT2D eigenvalue weighted by molar-refractivity contribution is 5.74. The predicted octanol–water partition coefficient (Wildman–Crippen LogP) is -0.0748. The van der Waals surface area contributed by atoms with Gasteiger partial charge in [0.05, 0.1) is 19.3 Å². The summed E-state index contributed by atoms with van der Waals surface area (Å²) in [5, 5.41) is 20.3. The molecule has 1 aliphatic heterocycles. The molecule has 0 atom stereocenters. The Morgan fingerprint density at radius 2 is 1.67 bits per heavy atom. The number of amides is 2. The largest absolute Gasteiger partial charge is 0.394 e. The van der Waals surface area contributed by atoms with Gasteiger partial charge >= 0.3 is 6.03 Å². The smallest absolute Gasteiger partial charge is 0.317 e. The monoisotopic (exact) mass is 216 g/mol. The molecule has 0 aliphatic carbocycles. The molecule has 0 bridgehead atoms. The molecule has 15 heavy (non-hydrogen) atoms. The fraction of sp³-hybridized carbons (Fsp3) is 0.900. The van der Waals surface area contributed by atoms with Crippen LogP contribution in [0.15, 0.2) is 0 Å². The van der Waals surface area contributed by atoms with E-state index in [1.807, 2.05) is 0 Å². The summed E-state index contributed by atoms with van der Waals surface area (Å²) in [4.78, 5) is 13.4. The predicted molar refractivity (Wildman–Crippen MR) is 56.5 cm³/mol. The number of carbonyl (C=O) groups excluding carboxylic acids is 1. The zero-order chi connectivity index (χ0) is 11.1. The summed E-state index contributed by atoms with van der Waals surface area (Å²) in [6.07, 6.45) is 4.42. The van der Waals surface area contributed by atoms with Crippen LogP contribution in [0.1, 0.15) is 25.7 Å². The van der Waals surface area contributed by atoms with Crippen LogP contribution in [0.25, 0.3) is 0 Å². The maximum atomic E-state index is 11.7. The van der Waals surface area contributed by atoms with E-state index in [-0.39, 0.29) is 19.2 Å². The number of aliphatic hydroxyl groups is 2. The molecule has 0 aromatic heterocycles. The van der Waals surface area contributed by atoms with Crippen LogP contribution in [-0.2, 0) is 0 Å². The molecule has 0 aromatic carbocycles. The van der Waals surface area contributed by atoms with Crippen LogP contribution >= 0.6 is 0 Å². The van der Waals surface area contributed by atoms with E-state index in [1.54, 1.807) is 4.90 Å². The lowest BCUT2D eigenvalue weighted by Gasteiger charge is -2.23. The minimum Gasteiger partial charge on any atom is -0.394 e. The van der Waals surface area contributed by atoms with Gasteiger partial charge in [0.2, 0.25) is 0 Å². The van der Waals surface area contributed by atoms with E-state index in [2.05, 4.69) is 5.32 Å². The number of rotatable bonds is 3. The second kappa shape index (κ2) is 6.63. The van der Waals surface area contributed by atoms with Crippen LogP contribution < -0.4 is 5.32 Å². The Balaban J connectivity index is 2.36. The zero-order valence-electron chi connectivity index (χ0n) is 8.98. The average molecular weight is 216 g/mol. The van der Waals surface area contributed by atoms with Gasteiger partial charge in [-0.05, 0) is 12.8 Å². The number of aliphatic hydroxyl groups excluding tert-OH is 2. The summed E-state index contributed by atoms with van der Waals surface area (Å²) in [6.45, 7) is 1.09. The lowest BCUT2D eigenvalue weighted by molar-refractivity contribution is 0.154. The van der Waals surface area contributed by atoms with E-state index in [0.717, 1.165) is 25.9 Å². The first-order chi connectivity index (χ1) is 7.27. The van der Waals surface area contributed by atoms with Crippen molar-refractivity contribution in [2.75, 3.05) is 26.3 Å². The summed E-state index contributed by atoms with van der Waals surface area (Å²) in [6, 6.07) is -0.717. The Morgan fingerprint density at radius 1 is 1.13 bits per heavy atom. The third kappa shape index (κ3) is 4.05. The molecule has 1 fully saturated rings. The fourth-order valence-electron chi connectivity index (χ4n) is 1.69. The molecule has 0 saturated carbocycles. The average Bonchev–Trinajstić information content (AvgIpc) is 2.54. The Kier molecular flexibility index (Phi) is 5.42. The lowest BCUT2D eigenvalue weighted by atomic mass is 10.2. The van der Waals surface area contributed by atoms with Crippen LogP contribution in [0, 0.1) is 0 Å². The Hall–Kier alpha value is -0.810.